The maximum Gasteiger partial charge on any atom is 0.320 e. The van der Waals surface area contributed by atoms with E-state index in [1.807, 2.05) is 0 Å². The standard InChI is InChI=1S/C20H13Cl2N3O7/c1-31-20-16(24(27)28)9-12(10-17(20)25(29)30)23-19(26)7-4-13-3-6-18(32-13)14-5-2-11(21)8-15(14)22/h2-10H,1H3,(H,23,26)/b7-4+. The van der Waals surface area contributed by atoms with Crippen LogP contribution in [-0.2, 0) is 4.79 Å². The first-order valence-corrected chi connectivity index (χ1v) is 9.50. The molecule has 0 aliphatic rings. The Hall–Kier alpha value is -3.89. The molecular weight excluding hydrogens is 465 g/mol. The zero-order chi connectivity index (χ0) is 23.4. The van der Waals surface area contributed by atoms with Gasteiger partial charge in [-0.15, -0.1) is 0 Å². The number of nitro benzene ring substituents is 2. The average molecular weight is 478 g/mol. The van der Waals surface area contributed by atoms with Crippen LogP contribution >= 0.6 is 23.2 Å². The quantitative estimate of drug-likeness (QED) is 0.260. The van der Waals surface area contributed by atoms with Crippen molar-refractivity contribution in [3.63, 3.8) is 0 Å². The van der Waals surface area contributed by atoms with E-state index < -0.39 is 32.9 Å². The molecule has 1 heterocycles. The van der Waals surface area contributed by atoms with Gasteiger partial charge in [0.25, 0.3) is 5.75 Å². The van der Waals surface area contributed by atoms with Crippen LogP contribution in [-0.4, -0.2) is 22.9 Å². The number of methoxy groups -OCH3 is 1. The number of nitrogens with zero attached hydrogens (tertiary/aromatic N) is 2. The van der Waals surface area contributed by atoms with Gasteiger partial charge in [0.1, 0.15) is 11.5 Å². The van der Waals surface area contributed by atoms with Crippen molar-refractivity contribution < 1.29 is 23.8 Å². The first-order chi connectivity index (χ1) is 15.2. The lowest BCUT2D eigenvalue weighted by molar-refractivity contribution is -0.395. The summed E-state index contributed by atoms with van der Waals surface area (Å²) >= 11 is 12.0. The van der Waals surface area contributed by atoms with Gasteiger partial charge in [-0.1, -0.05) is 23.2 Å². The van der Waals surface area contributed by atoms with Gasteiger partial charge in [-0.2, -0.15) is 0 Å². The number of nitro groups is 2. The third-order valence-corrected chi connectivity index (χ3v) is 4.68. The molecule has 12 heteroatoms. The highest BCUT2D eigenvalue weighted by atomic mass is 35.5. The van der Waals surface area contributed by atoms with Crippen molar-refractivity contribution in [2.45, 2.75) is 0 Å². The van der Waals surface area contributed by atoms with Crippen molar-refractivity contribution in [2.75, 3.05) is 12.4 Å². The van der Waals surface area contributed by atoms with E-state index in [2.05, 4.69) is 5.32 Å². The van der Waals surface area contributed by atoms with Crippen molar-refractivity contribution in [2.24, 2.45) is 0 Å². The van der Waals surface area contributed by atoms with Gasteiger partial charge in [0.2, 0.25) is 5.91 Å². The fourth-order valence-electron chi connectivity index (χ4n) is 2.77. The lowest BCUT2D eigenvalue weighted by Crippen LogP contribution is -2.09. The van der Waals surface area contributed by atoms with Crippen LogP contribution in [0.25, 0.3) is 17.4 Å². The predicted octanol–water partition coefficient (Wildman–Crippen LogP) is 5.73. The number of rotatable bonds is 7. The molecule has 164 valence electrons. The van der Waals surface area contributed by atoms with E-state index >= 15 is 0 Å². The Morgan fingerprint density at radius 3 is 2.28 bits per heavy atom. The van der Waals surface area contributed by atoms with Crippen molar-refractivity contribution in [3.8, 4) is 17.1 Å². The van der Waals surface area contributed by atoms with Crippen molar-refractivity contribution in [1.29, 1.82) is 0 Å². The Labute approximate surface area is 190 Å². The summed E-state index contributed by atoms with van der Waals surface area (Å²) in [4.78, 5) is 33.0. The number of furan rings is 1. The number of carbonyl (C=O) groups is 1. The van der Waals surface area contributed by atoms with Gasteiger partial charge in [0.05, 0.1) is 27.7 Å². The molecule has 0 aliphatic carbocycles. The number of nitrogens with one attached hydrogen (secondary N) is 1. The summed E-state index contributed by atoms with van der Waals surface area (Å²) in [5, 5.41) is 25.6. The molecule has 0 bridgehead atoms. The fraction of sp³-hybridized carbons (Fsp3) is 0.0500. The van der Waals surface area contributed by atoms with Crippen LogP contribution in [0.3, 0.4) is 0 Å². The van der Waals surface area contributed by atoms with Gasteiger partial charge >= 0.3 is 11.4 Å². The maximum absolute atomic E-state index is 12.2. The molecule has 1 amide bonds. The molecule has 1 aromatic heterocycles. The Bertz CT molecular complexity index is 1220. The van der Waals surface area contributed by atoms with Crippen molar-refractivity contribution in [3.05, 3.63) is 84.6 Å². The minimum Gasteiger partial charge on any atom is -0.485 e. The van der Waals surface area contributed by atoms with Crippen LogP contribution in [0.2, 0.25) is 10.0 Å². The Morgan fingerprint density at radius 2 is 1.72 bits per heavy atom. The van der Waals surface area contributed by atoms with Crippen LogP contribution < -0.4 is 10.1 Å². The number of amides is 1. The van der Waals surface area contributed by atoms with E-state index in [0.717, 1.165) is 25.3 Å². The van der Waals surface area contributed by atoms with Crippen LogP contribution in [0.5, 0.6) is 5.75 Å². The van der Waals surface area contributed by atoms with Gasteiger partial charge in [-0.3, -0.25) is 25.0 Å². The minimum absolute atomic E-state index is 0.146. The number of anilines is 1. The lowest BCUT2D eigenvalue weighted by atomic mass is 10.2. The Morgan fingerprint density at radius 1 is 1.06 bits per heavy atom. The van der Waals surface area contributed by atoms with Crippen LogP contribution in [0, 0.1) is 20.2 Å². The molecule has 0 saturated carbocycles. The molecule has 0 atom stereocenters. The van der Waals surface area contributed by atoms with E-state index in [0.29, 0.717) is 27.1 Å². The van der Waals surface area contributed by atoms with Gasteiger partial charge in [-0.05, 0) is 36.4 Å². The summed E-state index contributed by atoms with van der Waals surface area (Å²) in [6, 6.07) is 10.1. The number of halogens is 2. The molecule has 3 rings (SSSR count). The minimum atomic E-state index is -0.844. The number of ether oxygens (including phenoxy) is 1. The van der Waals surface area contributed by atoms with E-state index in [9.17, 15) is 25.0 Å². The number of benzene rings is 2. The van der Waals surface area contributed by atoms with E-state index in [-0.39, 0.29) is 5.69 Å². The monoisotopic (exact) mass is 477 g/mol. The van der Waals surface area contributed by atoms with Gasteiger partial charge in [0.15, 0.2) is 0 Å². The number of carbonyl (C=O) groups excluding carboxylic acids is 1. The molecule has 0 unspecified atom stereocenters. The summed E-state index contributed by atoms with van der Waals surface area (Å²) in [5.41, 5.74) is -0.849. The molecule has 0 fully saturated rings. The summed E-state index contributed by atoms with van der Waals surface area (Å²) in [7, 11) is 1.07. The average Bonchev–Trinajstić information content (AvgIpc) is 3.20. The SMILES string of the molecule is COc1c([N+](=O)[O-])cc(NC(=O)/C=C/c2ccc(-c3ccc(Cl)cc3Cl)o2)cc1[N+](=O)[O-]. The van der Waals surface area contributed by atoms with Crippen molar-refractivity contribution >= 4 is 52.2 Å². The Balaban J connectivity index is 1.79. The molecule has 2 aromatic carbocycles. The normalized spacial score (nSPS) is 10.8. The molecule has 10 nitrogen and oxygen atoms in total. The molecule has 32 heavy (non-hydrogen) atoms. The summed E-state index contributed by atoms with van der Waals surface area (Å²) in [5.74, 6) is -0.431. The molecule has 0 radical (unpaired) electrons. The second kappa shape index (κ2) is 9.50. The van der Waals surface area contributed by atoms with Crippen molar-refractivity contribution in [1.82, 2.24) is 0 Å². The maximum atomic E-state index is 12.2. The highest BCUT2D eigenvalue weighted by molar-refractivity contribution is 6.36. The van der Waals surface area contributed by atoms with Crippen LogP contribution in [0.4, 0.5) is 17.1 Å². The van der Waals surface area contributed by atoms with Crippen LogP contribution in [0.1, 0.15) is 5.76 Å². The highest BCUT2D eigenvalue weighted by Crippen LogP contribution is 2.39. The van der Waals surface area contributed by atoms with Gasteiger partial charge in [0, 0.05) is 28.8 Å². The molecule has 0 spiro atoms. The molecular formula is C20H13Cl2N3O7. The largest absolute Gasteiger partial charge is 0.485 e. The summed E-state index contributed by atoms with van der Waals surface area (Å²) in [6.45, 7) is 0. The lowest BCUT2D eigenvalue weighted by Gasteiger charge is -2.06. The third-order valence-electron chi connectivity index (χ3n) is 4.14. The second-order valence-corrected chi connectivity index (χ2v) is 7.05. The fourth-order valence-corrected chi connectivity index (χ4v) is 3.27. The zero-order valence-electron chi connectivity index (χ0n) is 16.2. The molecule has 0 aliphatic heterocycles. The molecule has 1 N–H and O–H groups in total. The van der Waals surface area contributed by atoms with Crippen LogP contribution in [0.15, 0.2) is 53.0 Å². The second-order valence-electron chi connectivity index (χ2n) is 6.21. The van der Waals surface area contributed by atoms with E-state index in [1.165, 1.54) is 6.08 Å². The first kappa shape index (κ1) is 22.8. The number of hydrogen-bond donors (Lipinski definition) is 1. The third kappa shape index (κ3) is 5.05. The predicted molar refractivity (Wildman–Crippen MR) is 118 cm³/mol. The smallest absolute Gasteiger partial charge is 0.320 e. The number of hydrogen-bond acceptors (Lipinski definition) is 7. The van der Waals surface area contributed by atoms with E-state index in [1.54, 1.807) is 30.3 Å². The molecule has 3 aromatic rings. The highest BCUT2D eigenvalue weighted by Gasteiger charge is 2.28. The Kier molecular flexibility index (Phi) is 6.76. The topological polar surface area (TPSA) is 138 Å². The first-order valence-electron chi connectivity index (χ1n) is 8.74. The van der Waals surface area contributed by atoms with E-state index in [4.69, 9.17) is 32.4 Å². The molecule has 0 saturated heterocycles. The summed E-state index contributed by atoms with van der Waals surface area (Å²) < 4.78 is 10.4. The zero-order valence-corrected chi connectivity index (χ0v) is 17.7. The van der Waals surface area contributed by atoms with Gasteiger partial charge in [-0.25, -0.2) is 0 Å². The summed E-state index contributed by atoms with van der Waals surface area (Å²) in [6.07, 6.45) is 2.46. The van der Waals surface area contributed by atoms with Gasteiger partial charge < -0.3 is 14.5 Å².